The molecule has 3 aromatic rings. The Morgan fingerprint density at radius 2 is 2.00 bits per heavy atom. The highest BCUT2D eigenvalue weighted by molar-refractivity contribution is 9.10. The van der Waals surface area contributed by atoms with E-state index < -0.39 is 0 Å². The standard InChI is InChI=1S/C24H21BrN2O3S/c1-3-10-27-23(28)22(31-24(27)29)13-17-15-26(20-9-8-18(25)14-19(17)20)11-12-30-21-7-5-4-6-16(21)2/h3-9,13-15H,1,10-12H2,2H3/b22-13-. The zero-order chi connectivity index (χ0) is 22.0. The molecule has 0 radical (unpaired) electrons. The van der Waals surface area contributed by atoms with Crippen molar-refractivity contribution in [3.05, 3.63) is 81.8 Å². The SMILES string of the molecule is C=CCN1C(=O)S/C(=C\c2cn(CCOc3ccccc3C)c3ccc(Br)cc23)C1=O. The number of hydrogen-bond acceptors (Lipinski definition) is 4. The molecular formula is C24H21BrN2O3S. The molecule has 0 N–H and O–H groups in total. The lowest BCUT2D eigenvalue weighted by atomic mass is 10.1. The number of benzene rings is 2. The number of para-hydroxylation sites is 1. The molecule has 31 heavy (non-hydrogen) atoms. The molecule has 7 heteroatoms. The van der Waals surface area contributed by atoms with Gasteiger partial charge in [0.15, 0.2) is 0 Å². The summed E-state index contributed by atoms with van der Waals surface area (Å²) in [7, 11) is 0. The first-order valence-corrected chi connectivity index (χ1v) is 11.4. The molecule has 1 fully saturated rings. The van der Waals surface area contributed by atoms with Crippen molar-refractivity contribution in [2.75, 3.05) is 13.2 Å². The van der Waals surface area contributed by atoms with E-state index in [1.165, 1.54) is 4.90 Å². The van der Waals surface area contributed by atoms with E-state index >= 15 is 0 Å². The molecule has 1 saturated heterocycles. The van der Waals surface area contributed by atoms with Crippen LogP contribution in [0.1, 0.15) is 11.1 Å². The summed E-state index contributed by atoms with van der Waals surface area (Å²) in [6.45, 7) is 7.02. The van der Waals surface area contributed by atoms with Gasteiger partial charge < -0.3 is 9.30 Å². The molecule has 0 aliphatic carbocycles. The third kappa shape index (κ3) is 4.48. The van der Waals surface area contributed by atoms with Crippen molar-refractivity contribution in [3.63, 3.8) is 0 Å². The van der Waals surface area contributed by atoms with Gasteiger partial charge in [0, 0.05) is 33.7 Å². The Morgan fingerprint density at radius 1 is 1.19 bits per heavy atom. The van der Waals surface area contributed by atoms with Crippen LogP contribution in [0, 0.1) is 6.92 Å². The Bertz CT molecular complexity index is 1210. The van der Waals surface area contributed by atoms with Crippen LogP contribution in [0.3, 0.4) is 0 Å². The van der Waals surface area contributed by atoms with Crippen molar-refractivity contribution in [1.29, 1.82) is 0 Å². The number of halogens is 1. The monoisotopic (exact) mass is 496 g/mol. The van der Waals surface area contributed by atoms with Crippen molar-refractivity contribution < 1.29 is 14.3 Å². The van der Waals surface area contributed by atoms with Gasteiger partial charge >= 0.3 is 0 Å². The molecule has 1 aliphatic rings. The zero-order valence-corrected chi connectivity index (χ0v) is 19.4. The fraction of sp³-hybridized carbons (Fsp3) is 0.167. The minimum Gasteiger partial charge on any atom is -0.491 e. The first-order chi connectivity index (χ1) is 15.0. The lowest BCUT2D eigenvalue weighted by Gasteiger charge is -2.10. The summed E-state index contributed by atoms with van der Waals surface area (Å²) in [4.78, 5) is 26.4. The van der Waals surface area contributed by atoms with Crippen LogP contribution in [0.25, 0.3) is 17.0 Å². The summed E-state index contributed by atoms with van der Waals surface area (Å²) in [6, 6.07) is 14.0. The molecule has 2 amide bonds. The average molecular weight is 497 g/mol. The maximum Gasteiger partial charge on any atom is 0.293 e. The van der Waals surface area contributed by atoms with E-state index in [0.29, 0.717) is 18.1 Å². The van der Waals surface area contributed by atoms with Crippen LogP contribution in [-0.2, 0) is 11.3 Å². The van der Waals surface area contributed by atoms with E-state index in [9.17, 15) is 9.59 Å². The number of aryl methyl sites for hydroxylation is 1. The smallest absolute Gasteiger partial charge is 0.293 e. The van der Waals surface area contributed by atoms with Crippen LogP contribution in [-0.4, -0.2) is 33.8 Å². The summed E-state index contributed by atoms with van der Waals surface area (Å²) in [6.07, 6.45) is 5.35. The predicted octanol–water partition coefficient (Wildman–Crippen LogP) is 6.01. The Hall–Kier alpha value is -2.77. The van der Waals surface area contributed by atoms with Gasteiger partial charge in [-0.2, -0.15) is 0 Å². The lowest BCUT2D eigenvalue weighted by Crippen LogP contribution is -2.27. The van der Waals surface area contributed by atoms with Crippen LogP contribution in [0.15, 0.2) is 70.7 Å². The summed E-state index contributed by atoms with van der Waals surface area (Å²) in [5, 5.41) is 0.730. The van der Waals surface area contributed by atoms with Gasteiger partial charge in [0.2, 0.25) is 0 Å². The van der Waals surface area contributed by atoms with Crippen LogP contribution in [0.4, 0.5) is 4.79 Å². The van der Waals surface area contributed by atoms with E-state index in [2.05, 4.69) is 27.1 Å². The molecule has 0 atom stereocenters. The average Bonchev–Trinajstić information content (AvgIpc) is 3.21. The third-order valence-corrected chi connectivity index (χ3v) is 6.43. The maximum absolute atomic E-state index is 12.6. The quantitative estimate of drug-likeness (QED) is 0.296. The summed E-state index contributed by atoms with van der Waals surface area (Å²) >= 11 is 4.49. The normalized spacial score (nSPS) is 15.3. The van der Waals surface area contributed by atoms with Gasteiger partial charge in [-0.15, -0.1) is 6.58 Å². The number of carbonyl (C=O) groups excluding carboxylic acids is 2. The fourth-order valence-electron chi connectivity index (χ4n) is 3.50. The summed E-state index contributed by atoms with van der Waals surface area (Å²) < 4.78 is 9.02. The fourth-order valence-corrected chi connectivity index (χ4v) is 4.70. The summed E-state index contributed by atoms with van der Waals surface area (Å²) in [5.74, 6) is 0.589. The number of ether oxygens (including phenoxy) is 1. The largest absolute Gasteiger partial charge is 0.491 e. The van der Waals surface area contributed by atoms with E-state index in [4.69, 9.17) is 4.74 Å². The number of fused-ring (bicyclic) bond motifs is 1. The minimum atomic E-state index is -0.284. The Kier molecular flexibility index (Phi) is 6.34. The van der Waals surface area contributed by atoms with Gasteiger partial charge in [-0.3, -0.25) is 14.5 Å². The summed E-state index contributed by atoms with van der Waals surface area (Å²) in [5.41, 5.74) is 3.02. The van der Waals surface area contributed by atoms with E-state index in [1.54, 1.807) is 12.2 Å². The number of carbonyl (C=O) groups is 2. The highest BCUT2D eigenvalue weighted by Gasteiger charge is 2.34. The van der Waals surface area contributed by atoms with Crippen LogP contribution in [0.5, 0.6) is 5.75 Å². The van der Waals surface area contributed by atoms with E-state index in [0.717, 1.165) is 44.0 Å². The molecule has 0 saturated carbocycles. The van der Waals surface area contributed by atoms with Crippen molar-refractivity contribution >= 4 is 55.8 Å². The first-order valence-electron chi connectivity index (χ1n) is 9.81. The molecule has 0 bridgehead atoms. The van der Waals surface area contributed by atoms with Gasteiger partial charge in [0.05, 0.1) is 11.4 Å². The first kappa shape index (κ1) is 21.5. The Labute approximate surface area is 193 Å². The van der Waals surface area contributed by atoms with Gasteiger partial charge in [0.1, 0.15) is 12.4 Å². The number of imide groups is 1. The van der Waals surface area contributed by atoms with Crippen LogP contribution >= 0.6 is 27.7 Å². The van der Waals surface area contributed by atoms with Crippen molar-refractivity contribution in [1.82, 2.24) is 9.47 Å². The van der Waals surface area contributed by atoms with E-state index in [-0.39, 0.29) is 17.7 Å². The second-order valence-corrected chi connectivity index (χ2v) is 9.04. The van der Waals surface area contributed by atoms with Gasteiger partial charge in [0.25, 0.3) is 11.1 Å². The van der Waals surface area contributed by atoms with E-state index in [1.807, 2.05) is 55.6 Å². The zero-order valence-electron chi connectivity index (χ0n) is 17.0. The minimum absolute atomic E-state index is 0.214. The number of nitrogens with zero attached hydrogens (tertiary/aromatic N) is 2. The van der Waals surface area contributed by atoms with Gasteiger partial charge in [-0.05, 0) is 54.6 Å². The van der Waals surface area contributed by atoms with Gasteiger partial charge in [-0.25, -0.2) is 0 Å². The van der Waals surface area contributed by atoms with Crippen molar-refractivity contribution in [3.8, 4) is 5.75 Å². The van der Waals surface area contributed by atoms with Crippen LogP contribution in [0.2, 0.25) is 0 Å². The predicted molar refractivity (Wildman–Crippen MR) is 129 cm³/mol. The number of rotatable bonds is 7. The van der Waals surface area contributed by atoms with Crippen molar-refractivity contribution in [2.45, 2.75) is 13.5 Å². The molecule has 1 aromatic heterocycles. The number of aromatic nitrogens is 1. The highest BCUT2D eigenvalue weighted by Crippen LogP contribution is 2.34. The second kappa shape index (κ2) is 9.16. The molecule has 2 aromatic carbocycles. The van der Waals surface area contributed by atoms with Crippen molar-refractivity contribution in [2.24, 2.45) is 0 Å². The number of amides is 2. The molecular weight excluding hydrogens is 476 g/mol. The molecule has 158 valence electrons. The topological polar surface area (TPSA) is 51.5 Å². The third-order valence-electron chi connectivity index (χ3n) is 5.03. The number of hydrogen-bond donors (Lipinski definition) is 0. The number of thioether (sulfide) groups is 1. The Balaban J connectivity index is 1.62. The lowest BCUT2D eigenvalue weighted by molar-refractivity contribution is -0.122. The molecule has 2 heterocycles. The van der Waals surface area contributed by atoms with Crippen LogP contribution < -0.4 is 4.74 Å². The molecule has 5 nitrogen and oxygen atoms in total. The van der Waals surface area contributed by atoms with Gasteiger partial charge in [-0.1, -0.05) is 40.2 Å². The maximum atomic E-state index is 12.6. The molecule has 1 aliphatic heterocycles. The Morgan fingerprint density at radius 3 is 2.77 bits per heavy atom. The molecule has 4 rings (SSSR count). The second-order valence-electron chi connectivity index (χ2n) is 7.13. The molecule has 0 spiro atoms. The highest BCUT2D eigenvalue weighted by atomic mass is 79.9. The molecule has 0 unspecified atom stereocenters.